The van der Waals surface area contributed by atoms with Gasteiger partial charge in [-0.2, -0.15) is 0 Å². The summed E-state index contributed by atoms with van der Waals surface area (Å²) in [5.74, 6) is 0. The second-order valence-corrected chi connectivity index (χ2v) is 6.92. The van der Waals surface area contributed by atoms with Gasteiger partial charge in [-0.15, -0.1) is 0 Å². The number of aromatic nitrogens is 3. The molecule has 0 aliphatic rings. The molecule has 2 heterocycles. The molecule has 0 fully saturated rings. The van der Waals surface area contributed by atoms with Crippen LogP contribution in [-0.4, -0.2) is 14.5 Å². The Kier molecular flexibility index (Phi) is 4.33. The van der Waals surface area contributed by atoms with Gasteiger partial charge in [0.2, 0.25) is 0 Å². The van der Waals surface area contributed by atoms with Crippen LogP contribution in [0.2, 0.25) is 0 Å². The minimum Gasteiger partial charge on any atom is -0.291 e. The number of para-hydroxylation sites is 1. The number of hydrogen-bond acceptors (Lipinski definition) is 3. The van der Waals surface area contributed by atoms with Crippen molar-refractivity contribution in [2.45, 2.75) is 0 Å². The van der Waals surface area contributed by atoms with Gasteiger partial charge in [-0.25, -0.2) is 14.3 Å². The van der Waals surface area contributed by atoms with Crippen LogP contribution in [0.5, 0.6) is 0 Å². The zero-order chi connectivity index (χ0) is 20.5. The molecule has 0 unspecified atom stereocenters. The molecule has 0 saturated heterocycles. The van der Waals surface area contributed by atoms with E-state index in [1.165, 1.54) is 0 Å². The van der Waals surface area contributed by atoms with Crippen LogP contribution in [0.1, 0.15) is 0 Å². The van der Waals surface area contributed by atoms with Crippen LogP contribution >= 0.6 is 0 Å². The van der Waals surface area contributed by atoms with Gasteiger partial charge in [0.05, 0.1) is 16.8 Å². The van der Waals surface area contributed by atoms with E-state index in [9.17, 15) is 9.59 Å². The fourth-order valence-corrected chi connectivity index (χ4v) is 3.63. The van der Waals surface area contributed by atoms with Crippen LogP contribution in [0.3, 0.4) is 0 Å². The summed E-state index contributed by atoms with van der Waals surface area (Å²) < 4.78 is 1.15. The first-order valence-electron chi connectivity index (χ1n) is 9.59. The van der Waals surface area contributed by atoms with Crippen molar-refractivity contribution in [3.05, 3.63) is 118 Å². The Balaban J connectivity index is 1.90. The van der Waals surface area contributed by atoms with Crippen molar-refractivity contribution in [2.24, 2.45) is 0 Å². The molecule has 5 rings (SSSR count). The van der Waals surface area contributed by atoms with E-state index in [1.54, 1.807) is 24.3 Å². The lowest BCUT2D eigenvalue weighted by Gasteiger charge is -2.12. The number of rotatable bonds is 3. The molecule has 0 amide bonds. The lowest BCUT2D eigenvalue weighted by molar-refractivity contribution is 0.896. The van der Waals surface area contributed by atoms with Crippen LogP contribution < -0.4 is 11.2 Å². The largest absolute Gasteiger partial charge is 0.334 e. The van der Waals surface area contributed by atoms with Crippen LogP contribution in [0.4, 0.5) is 0 Å². The topological polar surface area (TPSA) is 67.8 Å². The summed E-state index contributed by atoms with van der Waals surface area (Å²) in [4.78, 5) is 33.7. The van der Waals surface area contributed by atoms with Crippen LogP contribution in [0.25, 0.3) is 39.1 Å². The summed E-state index contributed by atoms with van der Waals surface area (Å²) in [7, 11) is 0. The van der Waals surface area contributed by atoms with Crippen molar-refractivity contribution in [2.75, 3.05) is 0 Å². The third-order valence-electron chi connectivity index (χ3n) is 5.03. The molecule has 144 valence electrons. The highest BCUT2D eigenvalue weighted by atomic mass is 16.2. The smallest absolute Gasteiger partial charge is 0.291 e. The van der Waals surface area contributed by atoms with Crippen molar-refractivity contribution in [3.8, 4) is 28.1 Å². The maximum absolute atomic E-state index is 13.5. The van der Waals surface area contributed by atoms with Crippen molar-refractivity contribution in [3.63, 3.8) is 0 Å². The highest BCUT2D eigenvalue weighted by molar-refractivity contribution is 5.94. The summed E-state index contributed by atoms with van der Waals surface area (Å²) in [5.41, 5.74) is 3.07. The monoisotopic (exact) mass is 391 g/mol. The second kappa shape index (κ2) is 7.29. The normalized spacial score (nSPS) is 10.9. The van der Waals surface area contributed by atoms with E-state index in [2.05, 4.69) is 9.97 Å². The number of fused-ring (bicyclic) bond motifs is 1. The highest BCUT2D eigenvalue weighted by Gasteiger charge is 2.17. The zero-order valence-corrected chi connectivity index (χ0v) is 15.9. The molecule has 5 aromatic rings. The van der Waals surface area contributed by atoms with Gasteiger partial charge >= 0.3 is 5.69 Å². The highest BCUT2D eigenvalue weighted by Crippen LogP contribution is 2.29. The number of aromatic amines is 1. The van der Waals surface area contributed by atoms with Gasteiger partial charge in [0.1, 0.15) is 5.65 Å². The molecular formula is C25H17N3O2. The summed E-state index contributed by atoms with van der Waals surface area (Å²) >= 11 is 0. The molecule has 0 bridgehead atoms. The molecule has 5 nitrogen and oxygen atoms in total. The van der Waals surface area contributed by atoms with E-state index in [0.29, 0.717) is 16.8 Å². The first-order chi connectivity index (χ1) is 14.7. The summed E-state index contributed by atoms with van der Waals surface area (Å²) in [5, 5.41) is 0.379. The molecule has 1 N–H and O–H groups in total. The van der Waals surface area contributed by atoms with E-state index < -0.39 is 11.2 Å². The van der Waals surface area contributed by atoms with Gasteiger partial charge in [-0.3, -0.25) is 9.78 Å². The fraction of sp³-hybridized carbons (Fsp3) is 0. The minimum atomic E-state index is -0.518. The van der Waals surface area contributed by atoms with Gasteiger partial charge in [0.25, 0.3) is 5.56 Å². The van der Waals surface area contributed by atoms with E-state index in [1.807, 2.05) is 72.8 Å². The number of hydrogen-bond donors (Lipinski definition) is 1. The van der Waals surface area contributed by atoms with Crippen LogP contribution in [0.15, 0.2) is 107 Å². The molecule has 0 atom stereocenters. The average Bonchev–Trinajstić information content (AvgIpc) is 2.80. The third-order valence-corrected chi connectivity index (χ3v) is 5.03. The van der Waals surface area contributed by atoms with Crippen molar-refractivity contribution < 1.29 is 0 Å². The molecule has 0 radical (unpaired) electrons. The Morgan fingerprint density at radius 2 is 1.27 bits per heavy atom. The summed E-state index contributed by atoms with van der Waals surface area (Å²) in [6.07, 6.45) is 0. The maximum Gasteiger partial charge on any atom is 0.334 e. The maximum atomic E-state index is 13.5. The molecule has 0 spiro atoms. The molecular weight excluding hydrogens is 374 g/mol. The number of benzene rings is 3. The quantitative estimate of drug-likeness (QED) is 0.495. The SMILES string of the molecule is O=c1[nH]c2nc(-c3ccccc3)cc(-c3ccccc3)c2c(=O)n1-c1ccccc1. The lowest BCUT2D eigenvalue weighted by Crippen LogP contribution is -2.34. The molecule has 0 saturated carbocycles. The third kappa shape index (κ3) is 3.02. The predicted octanol–water partition coefficient (Wildman–Crippen LogP) is 4.41. The van der Waals surface area contributed by atoms with Gasteiger partial charge in [0, 0.05) is 11.1 Å². The molecule has 0 aliphatic heterocycles. The average molecular weight is 391 g/mol. The number of pyridine rings is 1. The predicted molar refractivity (Wildman–Crippen MR) is 119 cm³/mol. The Morgan fingerprint density at radius 3 is 1.90 bits per heavy atom. The first kappa shape index (κ1) is 17.8. The van der Waals surface area contributed by atoms with Gasteiger partial charge in [-0.05, 0) is 23.8 Å². The second-order valence-electron chi connectivity index (χ2n) is 6.92. The van der Waals surface area contributed by atoms with Crippen molar-refractivity contribution in [1.29, 1.82) is 0 Å². The molecule has 0 aliphatic carbocycles. The summed E-state index contributed by atoms with van der Waals surface area (Å²) in [6, 6.07) is 30.1. The Labute approximate surface area is 171 Å². The molecule has 5 heteroatoms. The lowest BCUT2D eigenvalue weighted by atomic mass is 10.0. The van der Waals surface area contributed by atoms with Gasteiger partial charge in [-0.1, -0.05) is 78.9 Å². The van der Waals surface area contributed by atoms with Crippen LogP contribution in [0, 0.1) is 0 Å². The standard InChI is InChI=1S/C25H17N3O2/c29-24-22-20(17-10-4-1-5-11-17)16-21(18-12-6-2-7-13-18)26-23(22)27-25(30)28(24)19-14-8-3-9-15-19/h1-16H,(H,26,27,30). The van der Waals surface area contributed by atoms with E-state index in [-0.39, 0.29) is 5.65 Å². The first-order valence-corrected chi connectivity index (χ1v) is 9.59. The summed E-state index contributed by atoms with van der Waals surface area (Å²) in [6.45, 7) is 0. The fourth-order valence-electron chi connectivity index (χ4n) is 3.63. The molecule has 3 aromatic carbocycles. The minimum absolute atomic E-state index is 0.275. The number of nitrogens with one attached hydrogen (secondary N) is 1. The van der Waals surface area contributed by atoms with Gasteiger partial charge in [0.15, 0.2) is 0 Å². The Morgan fingerprint density at radius 1 is 0.700 bits per heavy atom. The number of nitrogens with zero attached hydrogens (tertiary/aromatic N) is 2. The van der Waals surface area contributed by atoms with E-state index in [0.717, 1.165) is 21.3 Å². The molecule has 30 heavy (non-hydrogen) atoms. The number of H-pyrrole nitrogens is 1. The van der Waals surface area contributed by atoms with E-state index >= 15 is 0 Å². The Hall–Kier alpha value is -4.25. The van der Waals surface area contributed by atoms with E-state index in [4.69, 9.17) is 0 Å². The van der Waals surface area contributed by atoms with Gasteiger partial charge < -0.3 is 0 Å². The molecule has 2 aromatic heterocycles. The zero-order valence-electron chi connectivity index (χ0n) is 15.9. The van der Waals surface area contributed by atoms with Crippen LogP contribution in [-0.2, 0) is 0 Å². The van der Waals surface area contributed by atoms with Crippen molar-refractivity contribution in [1.82, 2.24) is 14.5 Å². The Bertz CT molecular complexity index is 1460. The van der Waals surface area contributed by atoms with Crippen molar-refractivity contribution >= 4 is 11.0 Å².